The summed E-state index contributed by atoms with van der Waals surface area (Å²) in [7, 11) is 0. The van der Waals surface area contributed by atoms with E-state index < -0.39 is 19.1 Å². The number of ether oxygens (including phenoxy) is 2. The van der Waals surface area contributed by atoms with Gasteiger partial charge in [0.05, 0.1) is 17.8 Å². The molecule has 0 spiro atoms. The standard InChI is InChI=1S/C25H25F3N2O4/c1-15-10-18(34-14-25(26,27)28)3-5-19(15)16-2-4-20-17(11-16)6-9-30-22(20)13-33-23-12-29-8-7-21(23)24(31)32/h2-5,7-8,10-12,22,24,30-32H,6,9,13-14H2,1H3/t22-/m1/s1. The highest BCUT2D eigenvalue weighted by Gasteiger charge is 2.28. The van der Waals surface area contributed by atoms with Gasteiger partial charge in [-0.25, -0.2) is 0 Å². The molecular formula is C25H25F3N2O4. The van der Waals surface area contributed by atoms with E-state index in [9.17, 15) is 23.4 Å². The van der Waals surface area contributed by atoms with Crippen LogP contribution in [-0.2, 0) is 6.42 Å². The first-order valence-corrected chi connectivity index (χ1v) is 10.8. The van der Waals surface area contributed by atoms with Crippen LogP contribution in [0.5, 0.6) is 11.5 Å². The van der Waals surface area contributed by atoms with Crippen LogP contribution in [0.4, 0.5) is 13.2 Å². The van der Waals surface area contributed by atoms with Crippen LogP contribution in [0.1, 0.15) is 34.6 Å². The second-order valence-corrected chi connectivity index (χ2v) is 8.15. The molecule has 0 radical (unpaired) electrons. The highest BCUT2D eigenvalue weighted by atomic mass is 19.4. The molecular weight excluding hydrogens is 449 g/mol. The molecule has 0 unspecified atom stereocenters. The van der Waals surface area contributed by atoms with Crippen LogP contribution in [0.2, 0.25) is 0 Å². The van der Waals surface area contributed by atoms with Crippen LogP contribution in [0.25, 0.3) is 11.1 Å². The maximum absolute atomic E-state index is 12.4. The molecule has 2 aromatic carbocycles. The Morgan fingerprint density at radius 2 is 1.94 bits per heavy atom. The van der Waals surface area contributed by atoms with Crippen LogP contribution < -0.4 is 14.8 Å². The lowest BCUT2D eigenvalue weighted by Gasteiger charge is -2.28. The second-order valence-electron chi connectivity index (χ2n) is 8.15. The van der Waals surface area contributed by atoms with E-state index in [0.717, 1.165) is 40.8 Å². The molecule has 0 saturated carbocycles. The minimum absolute atomic E-state index is 0.0964. The highest BCUT2D eigenvalue weighted by molar-refractivity contribution is 5.69. The SMILES string of the molecule is Cc1cc(OCC(F)(F)F)ccc1-c1ccc2c(c1)CCN[C@@H]2COc1cnccc1C(O)O. The van der Waals surface area contributed by atoms with Crippen LogP contribution in [0.3, 0.4) is 0 Å². The Hall–Kier alpha value is -3.14. The molecule has 0 aliphatic carbocycles. The number of fused-ring (bicyclic) bond motifs is 1. The summed E-state index contributed by atoms with van der Waals surface area (Å²) in [5.74, 6) is 0.493. The largest absolute Gasteiger partial charge is 0.489 e. The molecule has 34 heavy (non-hydrogen) atoms. The lowest BCUT2D eigenvalue weighted by Crippen LogP contribution is -2.33. The average molecular weight is 474 g/mol. The molecule has 0 fully saturated rings. The first-order chi connectivity index (χ1) is 16.2. The zero-order valence-corrected chi connectivity index (χ0v) is 18.5. The summed E-state index contributed by atoms with van der Waals surface area (Å²) in [6.07, 6.45) is -2.30. The van der Waals surface area contributed by atoms with Crippen LogP contribution in [0.15, 0.2) is 54.9 Å². The lowest BCUT2D eigenvalue weighted by atomic mass is 9.90. The van der Waals surface area contributed by atoms with Gasteiger partial charge in [0.2, 0.25) is 0 Å². The third-order valence-electron chi connectivity index (χ3n) is 5.71. The average Bonchev–Trinajstić information content (AvgIpc) is 2.80. The van der Waals surface area contributed by atoms with E-state index in [1.54, 1.807) is 18.2 Å². The Morgan fingerprint density at radius 3 is 2.68 bits per heavy atom. The minimum Gasteiger partial charge on any atom is -0.489 e. The van der Waals surface area contributed by atoms with Gasteiger partial charge in [-0.2, -0.15) is 13.2 Å². The fraction of sp³-hybridized carbons (Fsp3) is 0.320. The maximum Gasteiger partial charge on any atom is 0.422 e. The molecule has 1 atom stereocenters. The van der Waals surface area contributed by atoms with Gasteiger partial charge in [0.15, 0.2) is 12.9 Å². The van der Waals surface area contributed by atoms with E-state index in [1.165, 1.54) is 18.5 Å². The number of nitrogens with zero attached hydrogens (tertiary/aromatic N) is 1. The van der Waals surface area contributed by atoms with Crippen molar-refractivity contribution >= 4 is 0 Å². The third kappa shape index (κ3) is 5.67. The van der Waals surface area contributed by atoms with Crippen molar-refractivity contribution in [3.63, 3.8) is 0 Å². The van der Waals surface area contributed by atoms with Crippen molar-refractivity contribution in [2.75, 3.05) is 19.8 Å². The highest BCUT2D eigenvalue weighted by Crippen LogP contribution is 2.33. The van der Waals surface area contributed by atoms with E-state index >= 15 is 0 Å². The van der Waals surface area contributed by atoms with Gasteiger partial charge in [0.25, 0.3) is 0 Å². The summed E-state index contributed by atoms with van der Waals surface area (Å²) < 4.78 is 48.0. The second kappa shape index (κ2) is 10.0. The molecule has 4 rings (SSSR count). The Morgan fingerprint density at radius 1 is 1.12 bits per heavy atom. The zero-order valence-electron chi connectivity index (χ0n) is 18.5. The van der Waals surface area contributed by atoms with Gasteiger partial charge in [-0.15, -0.1) is 0 Å². The number of rotatable bonds is 7. The molecule has 0 bridgehead atoms. The topological polar surface area (TPSA) is 83.8 Å². The first kappa shape index (κ1) is 24.0. The smallest absolute Gasteiger partial charge is 0.422 e. The number of aryl methyl sites for hydroxylation is 1. The van der Waals surface area contributed by atoms with Gasteiger partial charge in [-0.1, -0.05) is 24.3 Å². The molecule has 9 heteroatoms. The van der Waals surface area contributed by atoms with E-state index in [1.807, 2.05) is 19.1 Å². The summed E-state index contributed by atoms with van der Waals surface area (Å²) in [4.78, 5) is 3.99. The number of aliphatic hydroxyl groups excluding tert-OH is 1. The van der Waals surface area contributed by atoms with Crippen molar-refractivity contribution in [3.05, 3.63) is 77.1 Å². The van der Waals surface area contributed by atoms with E-state index in [0.29, 0.717) is 5.75 Å². The number of pyridine rings is 1. The van der Waals surface area contributed by atoms with Crippen molar-refractivity contribution in [2.45, 2.75) is 31.9 Å². The molecule has 3 N–H and O–H groups in total. The Labute approximate surface area is 195 Å². The first-order valence-electron chi connectivity index (χ1n) is 10.8. The fourth-order valence-electron chi connectivity index (χ4n) is 4.08. The number of hydrogen-bond acceptors (Lipinski definition) is 6. The summed E-state index contributed by atoms with van der Waals surface area (Å²) in [6, 6.07) is 12.4. The normalized spacial score (nSPS) is 15.8. The number of alkyl halides is 3. The van der Waals surface area contributed by atoms with E-state index in [-0.39, 0.29) is 24.0 Å². The summed E-state index contributed by atoms with van der Waals surface area (Å²) in [5.41, 5.74) is 5.19. The van der Waals surface area contributed by atoms with Crippen LogP contribution in [0, 0.1) is 6.92 Å². The number of benzene rings is 2. The van der Waals surface area contributed by atoms with E-state index in [4.69, 9.17) is 9.47 Å². The molecule has 1 aliphatic rings. The van der Waals surface area contributed by atoms with E-state index in [2.05, 4.69) is 16.4 Å². The van der Waals surface area contributed by atoms with Gasteiger partial charge in [0.1, 0.15) is 18.1 Å². The fourth-order valence-corrected chi connectivity index (χ4v) is 4.08. The molecule has 3 aromatic rings. The van der Waals surface area contributed by atoms with Gasteiger partial charge >= 0.3 is 6.18 Å². The maximum atomic E-state index is 12.4. The Balaban J connectivity index is 1.50. The molecule has 2 heterocycles. The van der Waals surface area contributed by atoms with Crippen LogP contribution in [-0.4, -0.2) is 41.1 Å². The van der Waals surface area contributed by atoms with Crippen molar-refractivity contribution < 1.29 is 32.9 Å². The summed E-state index contributed by atoms with van der Waals surface area (Å²) >= 11 is 0. The number of aromatic nitrogens is 1. The Bertz CT molecular complexity index is 1150. The van der Waals surface area contributed by atoms with Gasteiger partial charge in [0, 0.05) is 6.20 Å². The van der Waals surface area contributed by atoms with Crippen molar-refractivity contribution in [1.29, 1.82) is 0 Å². The molecule has 180 valence electrons. The minimum atomic E-state index is -4.38. The number of hydrogen-bond donors (Lipinski definition) is 3. The number of nitrogens with one attached hydrogen (secondary N) is 1. The molecule has 0 saturated heterocycles. The Kier molecular flexibility index (Phi) is 7.06. The quantitative estimate of drug-likeness (QED) is 0.444. The predicted molar refractivity (Wildman–Crippen MR) is 120 cm³/mol. The number of halogens is 3. The summed E-state index contributed by atoms with van der Waals surface area (Å²) in [5, 5.41) is 22.5. The third-order valence-corrected chi connectivity index (χ3v) is 5.71. The van der Waals surface area contributed by atoms with Crippen LogP contribution >= 0.6 is 0 Å². The van der Waals surface area contributed by atoms with Crippen molar-refractivity contribution in [1.82, 2.24) is 10.3 Å². The predicted octanol–water partition coefficient (Wildman–Crippen LogP) is 4.25. The molecule has 1 aromatic heterocycles. The zero-order chi connectivity index (χ0) is 24.3. The number of aliphatic hydroxyl groups is 2. The van der Waals surface area contributed by atoms with Crippen molar-refractivity contribution in [2.24, 2.45) is 0 Å². The summed E-state index contributed by atoms with van der Waals surface area (Å²) in [6.45, 7) is 1.55. The molecule has 0 amide bonds. The monoisotopic (exact) mass is 474 g/mol. The molecule has 1 aliphatic heterocycles. The van der Waals surface area contributed by atoms with Crippen molar-refractivity contribution in [3.8, 4) is 22.6 Å². The van der Waals surface area contributed by atoms with Gasteiger partial charge in [-0.3, -0.25) is 4.98 Å². The van der Waals surface area contributed by atoms with Gasteiger partial charge < -0.3 is 25.0 Å². The molecule has 6 nitrogen and oxygen atoms in total. The van der Waals surface area contributed by atoms with Gasteiger partial charge in [-0.05, 0) is 65.9 Å². The lowest BCUT2D eigenvalue weighted by molar-refractivity contribution is -0.153.